The first-order chi connectivity index (χ1) is 12.4. The molecule has 0 aliphatic heterocycles. The van der Waals surface area contributed by atoms with Crippen LogP contribution in [0.3, 0.4) is 0 Å². The van der Waals surface area contributed by atoms with E-state index in [1.165, 1.54) is 16.7 Å². The lowest BCUT2D eigenvalue weighted by atomic mass is 9.69. The molecule has 130 valence electrons. The van der Waals surface area contributed by atoms with Crippen LogP contribution in [0.5, 0.6) is 0 Å². The van der Waals surface area contributed by atoms with Gasteiger partial charge in [-0.1, -0.05) is 41.8 Å². The van der Waals surface area contributed by atoms with E-state index in [4.69, 9.17) is 6.42 Å². The summed E-state index contributed by atoms with van der Waals surface area (Å²) in [7, 11) is 0. The van der Waals surface area contributed by atoms with Gasteiger partial charge >= 0.3 is 0 Å². The number of hydrogen-bond donors (Lipinski definition) is 1. The number of terminal acetylenes is 1. The molecule has 0 fully saturated rings. The van der Waals surface area contributed by atoms with Crippen molar-refractivity contribution in [1.82, 2.24) is 4.98 Å². The second-order valence-corrected chi connectivity index (χ2v) is 7.72. The normalized spacial score (nSPS) is 18.3. The van der Waals surface area contributed by atoms with E-state index in [0.717, 1.165) is 34.9 Å². The van der Waals surface area contributed by atoms with Crippen LogP contribution in [0.25, 0.3) is 10.9 Å². The lowest BCUT2D eigenvalue weighted by molar-refractivity contribution is 0.475. The van der Waals surface area contributed by atoms with Crippen molar-refractivity contribution < 1.29 is 0 Å². The maximum atomic E-state index is 12.0. The molecule has 1 aliphatic rings. The van der Waals surface area contributed by atoms with Gasteiger partial charge in [0, 0.05) is 17.0 Å². The first-order valence-electron chi connectivity index (χ1n) is 9.14. The maximum absolute atomic E-state index is 12.0. The zero-order valence-corrected chi connectivity index (χ0v) is 15.5. The number of aromatic nitrogens is 1. The van der Waals surface area contributed by atoms with Crippen LogP contribution in [0.4, 0.5) is 0 Å². The van der Waals surface area contributed by atoms with Gasteiger partial charge in [0.05, 0.1) is 5.41 Å². The van der Waals surface area contributed by atoms with Gasteiger partial charge in [-0.15, -0.1) is 6.42 Å². The van der Waals surface area contributed by atoms with Gasteiger partial charge in [0.1, 0.15) is 0 Å². The van der Waals surface area contributed by atoms with Gasteiger partial charge in [0.25, 0.3) is 5.56 Å². The minimum absolute atomic E-state index is 0.0427. The minimum atomic E-state index is -0.408. The number of aryl methyl sites for hydroxylation is 3. The van der Waals surface area contributed by atoms with Gasteiger partial charge in [-0.25, -0.2) is 0 Å². The molecule has 1 aliphatic carbocycles. The second kappa shape index (κ2) is 5.88. The monoisotopic (exact) mass is 341 g/mol. The molecular formula is C24H23NO. The summed E-state index contributed by atoms with van der Waals surface area (Å²) in [6.45, 7) is 6.12. The topological polar surface area (TPSA) is 32.9 Å². The molecule has 0 saturated heterocycles. The Hall–Kier alpha value is -2.79. The SMILES string of the molecule is C#C[C@@](C)(c1ccc2cc(C)c(=O)[nH]c2c1)[C@@H]1CCc2ccc(C)cc21. The third-order valence-corrected chi connectivity index (χ3v) is 6.01. The number of aromatic amines is 1. The molecule has 3 aromatic rings. The summed E-state index contributed by atoms with van der Waals surface area (Å²) in [4.78, 5) is 15.0. The lowest BCUT2D eigenvalue weighted by Gasteiger charge is -2.32. The molecule has 2 atom stereocenters. The number of fused-ring (bicyclic) bond motifs is 2. The van der Waals surface area contributed by atoms with E-state index < -0.39 is 5.41 Å². The molecule has 2 heteroatoms. The smallest absolute Gasteiger partial charge is 0.251 e. The van der Waals surface area contributed by atoms with Gasteiger partial charge < -0.3 is 4.98 Å². The molecule has 0 amide bonds. The summed E-state index contributed by atoms with van der Waals surface area (Å²) in [6.07, 6.45) is 8.22. The lowest BCUT2D eigenvalue weighted by Crippen LogP contribution is -2.27. The molecule has 0 radical (unpaired) electrons. The Morgan fingerprint density at radius 3 is 2.73 bits per heavy atom. The summed E-state index contributed by atoms with van der Waals surface area (Å²) in [6, 6.07) is 14.9. The second-order valence-electron chi connectivity index (χ2n) is 7.72. The van der Waals surface area contributed by atoms with Crippen molar-refractivity contribution >= 4 is 10.9 Å². The van der Waals surface area contributed by atoms with Crippen LogP contribution < -0.4 is 5.56 Å². The van der Waals surface area contributed by atoms with Crippen LogP contribution in [0.1, 0.15) is 47.1 Å². The fourth-order valence-corrected chi connectivity index (χ4v) is 4.34. The highest BCUT2D eigenvalue weighted by Crippen LogP contribution is 2.47. The fraction of sp³-hybridized carbons (Fsp3) is 0.292. The van der Waals surface area contributed by atoms with Gasteiger partial charge in [0.15, 0.2) is 0 Å². The van der Waals surface area contributed by atoms with Crippen molar-refractivity contribution in [3.8, 4) is 12.3 Å². The van der Waals surface area contributed by atoms with Crippen molar-refractivity contribution in [2.45, 2.75) is 44.9 Å². The van der Waals surface area contributed by atoms with Crippen molar-refractivity contribution in [2.75, 3.05) is 0 Å². The summed E-state index contributed by atoms with van der Waals surface area (Å²) in [5, 5.41) is 1.04. The Morgan fingerprint density at radius 2 is 1.96 bits per heavy atom. The number of H-pyrrole nitrogens is 1. The number of rotatable bonds is 2. The highest BCUT2D eigenvalue weighted by molar-refractivity contribution is 5.80. The summed E-state index contributed by atoms with van der Waals surface area (Å²) in [5.74, 6) is 3.38. The number of nitrogens with one attached hydrogen (secondary N) is 1. The average molecular weight is 341 g/mol. The number of hydrogen-bond acceptors (Lipinski definition) is 1. The Kier molecular flexibility index (Phi) is 3.77. The van der Waals surface area contributed by atoms with Crippen molar-refractivity contribution in [1.29, 1.82) is 0 Å². The molecular weight excluding hydrogens is 318 g/mol. The molecule has 4 rings (SSSR count). The highest BCUT2D eigenvalue weighted by Gasteiger charge is 2.39. The molecule has 26 heavy (non-hydrogen) atoms. The standard InChI is InChI=1S/C24H23NO/c1-5-24(4,21-11-9-17-7-6-15(2)12-20(17)21)19-10-8-18-13-16(3)23(26)25-22(18)14-19/h1,6-8,10,12-14,21H,9,11H2,2-4H3,(H,25,26)/t21-,24+/m1/s1. The zero-order chi connectivity index (χ0) is 18.5. The minimum Gasteiger partial charge on any atom is -0.322 e. The molecule has 2 aromatic carbocycles. The van der Waals surface area contributed by atoms with Crippen molar-refractivity contribution in [2.24, 2.45) is 0 Å². The van der Waals surface area contributed by atoms with Gasteiger partial charge in [0.2, 0.25) is 0 Å². The van der Waals surface area contributed by atoms with E-state index in [2.05, 4.69) is 61.2 Å². The van der Waals surface area contributed by atoms with Crippen LogP contribution in [0.15, 0.2) is 47.3 Å². The van der Waals surface area contributed by atoms with Gasteiger partial charge in [-0.05, 0) is 67.8 Å². The van der Waals surface area contributed by atoms with E-state index in [1.807, 2.05) is 13.0 Å². The first-order valence-corrected chi connectivity index (χ1v) is 9.14. The molecule has 0 unspecified atom stereocenters. The Labute approximate surface area is 154 Å². The van der Waals surface area contributed by atoms with Crippen LogP contribution in [-0.2, 0) is 11.8 Å². The van der Waals surface area contributed by atoms with Gasteiger partial charge in [-0.3, -0.25) is 4.79 Å². The Morgan fingerprint density at radius 1 is 1.15 bits per heavy atom. The Balaban J connectivity index is 1.86. The summed E-state index contributed by atoms with van der Waals surface area (Å²) >= 11 is 0. The summed E-state index contributed by atoms with van der Waals surface area (Å²) in [5.41, 5.74) is 6.27. The number of pyridine rings is 1. The van der Waals surface area contributed by atoms with Gasteiger partial charge in [-0.2, -0.15) is 0 Å². The Bertz CT molecular complexity index is 1120. The van der Waals surface area contributed by atoms with E-state index in [-0.39, 0.29) is 11.5 Å². The molecule has 1 N–H and O–H groups in total. The fourth-order valence-electron chi connectivity index (χ4n) is 4.34. The first kappa shape index (κ1) is 16.7. The number of benzene rings is 2. The third-order valence-electron chi connectivity index (χ3n) is 6.01. The van der Waals surface area contributed by atoms with Crippen LogP contribution >= 0.6 is 0 Å². The van der Waals surface area contributed by atoms with Crippen molar-refractivity contribution in [3.05, 3.63) is 80.6 Å². The molecule has 1 heterocycles. The van der Waals surface area contributed by atoms with E-state index in [1.54, 1.807) is 0 Å². The average Bonchev–Trinajstić information content (AvgIpc) is 3.05. The molecule has 1 aromatic heterocycles. The molecule has 0 spiro atoms. The highest BCUT2D eigenvalue weighted by atomic mass is 16.1. The van der Waals surface area contributed by atoms with Crippen LogP contribution in [0, 0.1) is 26.2 Å². The maximum Gasteiger partial charge on any atom is 0.251 e. The molecule has 2 nitrogen and oxygen atoms in total. The molecule has 0 bridgehead atoms. The van der Waals surface area contributed by atoms with E-state index in [9.17, 15) is 4.79 Å². The third kappa shape index (κ3) is 2.47. The summed E-state index contributed by atoms with van der Waals surface area (Å²) < 4.78 is 0. The van der Waals surface area contributed by atoms with Crippen LogP contribution in [-0.4, -0.2) is 4.98 Å². The molecule has 0 saturated carbocycles. The predicted octanol–water partition coefficient (Wildman–Crippen LogP) is 4.77. The van der Waals surface area contributed by atoms with E-state index >= 15 is 0 Å². The van der Waals surface area contributed by atoms with Crippen molar-refractivity contribution in [3.63, 3.8) is 0 Å². The van der Waals surface area contributed by atoms with E-state index in [0.29, 0.717) is 0 Å². The quantitative estimate of drug-likeness (QED) is 0.669. The zero-order valence-electron chi connectivity index (χ0n) is 15.5. The predicted molar refractivity (Wildman–Crippen MR) is 108 cm³/mol. The van der Waals surface area contributed by atoms with Crippen LogP contribution in [0.2, 0.25) is 0 Å². The largest absolute Gasteiger partial charge is 0.322 e.